The fourth-order valence-electron chi connectivity index (χ4n) is 5.66. The van der Waals surface area contributed by atoms with Crippen molar-refractivity contribution in [2.24, 2.45) is 0 Å². The van der Waals surface area contributed by atoms with Crippen LogP contribution in [0.1, 0.15) is 82.4 Å². The molecule has 0 radical (unpaired) electrons. The number of ether oxygens (including phenoxy) is 2. The van der Waals surface area contributed by atoms with Crippen LogP contribution in [-0.4, -0.2) is 102 Å². The molecule has 256 valence electrons. The number of rotatable bonds is 11. The van der Waals surface area contributed by atoms with Crippen LogP contribution in [0.2, 0.25) is 0 Å². The van der Waals surface area contributed by atoms with E-state index in [4.69, 9.17) is 9.47 Å². The van der Waals surface area contributed by atoms with Crippen LogP contribution in [0.25, 0.3) is 11.4 Å². The SMILES string of the molecule is CCOC(=O)N1CCN(C(=O)C(CCC(=O)OC(C)(C)C)NC(=O)c2cc(CS(=O)(=O)C3CCCC3)nc(-c3ccccc3)n2)CC1. The first-order chi connectivity index (χ1) is 22.3. The summed E-state index contributed by atoms with van der Waals surface area (Å²) in [6, 6.07) is 9.14. The lowest BCUT2D eigenvalue weighted by atomic mass is 10.1. The van der Waals surface area contributed by atoms with Gasteiger partial charge in [-0.3, -0.25) is 14.4 Å². The van der Waals surface area contributed by atoms with Crippen molar-refractivity contribution in [1.29, 1.82) is 0 Å². The molecule has 2 heterocycles. The van der Waals surface area contributed by atoms with Gasteiger partial charge in [0.2, 0.25) is 5.91 Å². The van der Waals surface area contributed by atoms with Crippen molar-refractivity contribution >= 4 is 33.7 Å². The highest BCUT2D eigenvalue weighted by Gasteiger charge is 2.33. The van der Waals surface area contributed by atoms with Crippen LogP contribution in [0, 0.1) is 0 Å². The van der Waals surface area contributed by atoms with Gasteiger partial charge in [-0.25, -0.2) is 23.2 Å². The van der Waals surface area contributed by atoms with Gasteiger partial charge in [0.05, 0.1) is 23.3 Å². The number of hydrogen-bond acceptors (Lipinski definition) is 10. The van der Waals surface area contributed by atoms with Gasteiger partial charge in [0, 0.05) is 38.2 Å². The van der Waals surface area contributed by atoms with Gasteiger partial charge in [-0.15, -0.1) is 0 Å². The van der Waals surface area contributed by atoms with Crippen LogP contribution in [0.15, 0.2) is 36.4 Å². The molecule has 3 amide bonds. The molecule has 1 atom stereocenters. The van der Waals surface area contributed by atoms with E-state index in [9.17, 15) is 27.6 Å². The van der Waals surface area contributed by atoms with E-state index in [1.165, 1.54) is 15.9 Å². The van der Waals surface area contributed by atoms with Gasteiger partial charge in [0.1, 0.15) is 17.3 Å². The summed E-state index contributed by atoms with van der Waals surface area (Å²) in [5.41, 5.74) is -0.0493. The second kappa shape index (κ2) is 15.7. The topological polar surface area (TPSA) is 165 Å². The molecule has 4 rings (SSSR count). The zero-order valence-corrected chi connectivity index (χ0v) is 28.4. The standard InChI is InChI=1S/C33H45N5O8S/c1-5-45-32(42)38-19-17-37(18-20-38)31(41)26(15-16-28(39)46-33(2,3)4)36-30(40)27-21-24(22-47(43,44)25-13-9-10-14-25)34-29(35-27)23-11-7-6-8-12-23/h6-8,11-12,21,25-26H,5,9-10,13-20,22H2,1-4H3,(H,36,40). The van der Waals surface area contributed by atoms with E-state index in [2.05, 4.69) is 15.3 Å². The fourth-order valence-corrected chi connectivity index (χ4v) is 7.51. The summed E-state index contributed by atoms with van der Waals surface area (Å²) in [5.74, 6) is -1.82. The van der Waals surface area contributed by atoms with Gasteiger partial charge in [0.25, 0.3) is 5.91 Å². The molecule has 1 aliphatic heterocycles. The Morgan fingerprint density at radius 2 is 1.62 bits per heavy atom. The number of nitrogens with zero attached hydrogens (tertiary/aromatic N) is 4. The first kappa shape index (κ1) is 35.8. The van der Waals surface area contributed by atoms with E-state index in [1.54, 1.807) is 52.0 Å². The number of esters is 1. The summed E-state index contributed by atoms with van der Waals surface area (Å²) in [4.78, 5) is 64.3. The maximum absolute atomic E-state index is 13.8. The minimum Gasteiger partial charge on any atom is -0.460 e. The van der Waals surface area contributed by atoms with E-state index in [1.807, 2.05) is 6.07 Å². The number of benzene rings is 1. The van der Waals surface area contributed by atoms with Crippen molar-refractivity contribution in [3.05, 3.63) is 47.8 Å². The molecule has 1 aliphatic carbocycles. The predicted molar refractivity (Wildman–Crippen MR) is 174 cm³/mol. The molecule has 1 aromatic heterocycles. The van der Waals surface area contributed by atoms with Gasteiger partial charge < -0.3 is 24.6 Å². The molecule has 0 bridgehead atoms. The highest BCUT2D eigenvalue weighted by Crippen LogP contribution is 2.27. The van der Waals surface area contributed by atoms with Crippen molar-refractivity contribution in [3.8, 4) is 11.4 Å². The Bertz CT molecular complexity index is 1530. The van der Waals surface area contributed by atoms with Crippen LogP contribution >= 0.6 is 0 Å². The van der Waals surface area contributed by atoms with E-state index in [0.29, 0.717) is 18.4 Å². The van der Waals surface area contributed by atoms with Crippen LogP contribution in [-0.2, 0) is 34.7 Å². The quantitative estimate of drug-likeness (QED) is 0.350. The molecule has 1 aromatic carbocycles. The van der Waals surface area contributed by atoms with Crippen molar-refractivity contribution in [2.75, 3.05) is 32.8 Å². The summed E-state index contributed by atoms with van der Waals surface area (Å²) < 4.78 is 37.0. The largest absolute Gasteiger partial charge is 0.460 e. The van der Waals surface area contributed by atoms with E-state index >= 15 is 0 Å². The van der Waals surface area contributed by atoms with Crippen LogP contribution < -0.4 is 5.32 Å². The number of piperazine rings is 1. The molecule has 13 nitrogen and oxygen atoms in total. The van der Waals surface area contributed by atoms with Crippen LogP contribution in [0.4, 0.5) is 4.79 Å². The zero-order chi connectivity index (χ0) is 34.2. The summed E-state index contributed by atoms with van der Waals surface area (Å²) >= 11 is 0. The predicted octanol–water partition coefficient (Wildman–Crippen LogP) is 3.52. The normalized spacial score (nSPS) is 16.4. The lowest BCUT2D eigenvalue weighted by Gasteiger charge is -2.36. The van der Waals surface area contributed by atoms with Crippen molar-refractivity contribution in [3.63, 3.8) is 0 Å². The van der Waals surface area contributed by atoms with Crippen LogP contribution in [0.3, 0.4) is 0 Å². The number of carbonyl (C=O) groups is 4. The summed E-state index contributed by atoms with van der Waals surface area (Å²) in [6.07, 6.45) is 2.26. The number of aromatic nitrogens is 2. The molecular weight excluding hydrogens is 626 g/mol. The minimum atomic E-state index is -3.52. The van der Waals surface area contributed by atoms with E-state index < -0.39 is 50.6 Å². The summed E-state index contributed by atoms with van der Waals surface area (Å²) in [6.45, 7) is 8.10. The second-order valence-corrected chi connectivity index (χ2v) is 15.1. The molecule has 47 heavy (non-hydrogen) atoms. The first-order valence-corrected chi connectivity index (χ1v) is 17.9. The maximum atomic E-state index is 13.8. The van der Waals surface area contributed by atoms with E-state index in [0.717, 1.165) is 12.8 Å². The van der Waals surface area contributed by atoms with Crippen molar-refractivity contribution in [2.45, 2.75) is 88.9 Å². The molecule has 0 spiro atoms. The Kier molecular flexibility index (Phi) is 11.9. The maximum Gasteiger partial charge on any atom is 0.409 e. The third kappa shape index (κ3) is 10.2. The number of sulfone groups is 1. The minimum absolute atomic E-state index is 0.0445. The van der Waals surface area contributed by atoms with Gasteiger partial charge in [-0.2, -0.15) is 0 Å². The lowest BCUT2D eigenvalue weighted by molar-refractivity contribution is -0.155. The van der Waals surface area contributed by atoms with Crippen molar-refractivity contribution < 1.29 is 37.1 Å². The Balaban J connectivity index is 1.58. The van der Waals surface area contributed by atoms with Crippen molar-refractivity contribution in [1.82, 2.24) is 25.1 Å². The molecule has 2 aromatic rings. The monoisotopic (exact) mass is 671 g/mol. The third-order valence-electron chi connectivity index (χ3n) is 7.98. The molecule has 2 aliphatic rings. The average Bonchev–Trinajstić information content (AvgIpc) is 3.59. The third-order valence-corrected chi connectivity index (χ3v) is 10.2. The Labute approximate surface area is 276 Å². The van der Waals surface area contributed by atoms with E-state index in [-0.39, 0.29) is 68.6 Å². The van der Waals surface area contributed by atoms with Gasteiger partial charge in [-0.05, 0) is 53.0 Å². The smallest absolute Gasteiger partial charge is 0.409 e. The number of hydrogen-bond donors (Lipinski definition) is 1. The molecule has 1 unspecified atom stereocenters. The Morgan fingerprint density at radius 1 is 0.979 bits per heavy atom. The highest BCUT2D eigenvalue weighted by molar-refractivity contribution is 7.91. The summed E-state index contributed by atoms with van der Waals surface area (Å²) in [5, 5.41) is 2.29. The zero-order valence-electron chi connectivity index (χ0n) is 27.6. The Morgan fingerprint density at radius 3 is 2.23 bits per heavy atom. The number of carbonyl (C=O) groups excluding carboxylic acids is 4. The highest BCUT2D eigenvalue weighted by atomic mass is 32.2. The molecule has 14 heteroatoms. The average molecular weight is 672 g/mol. The number of amides is 3. The first-order valence-electron chi connectivity index (χ1n) is 16.1. The molecule has 1 N–H and O–H groups in total. The molecule has 1 saturated heterocycles. The summed E-state index contributed by atoms with van der Waals surface area (Å²) in [7, 11) is -3.52. The fraction of sp³-hybridized carbons (Fsp3) is 0.576. The van der Waals surface area contributed by atoms with Gasteiger partial charge in [-0.1, -0.05) is 43.2 Å². The molecule has 2 fully saturated rings. The molecule has 1 saturated carbocycles. The van der Waals surface area contributed by atoms with Gasteiger partial charge >= 0.3 is 12.1 Å². The number of nitrogens with one attached hydrogen (secondary N) is 1. The molecular formula is C33H45N5O8S. The Hall–Kier alpha value is -4.07. The van der Waals surface area contributed by atoms with Gasteiger partial charge in [0.15, 0.2) is 15.7 Å². The second-order valence-electron chi connectivity index (χ2n) is 12.8. The lowest BCUT2D eigenvalue weighted by Crippen LogP contribution is -2.56. The van der Waals surface area contributed by atoms with Crippen LogP contribution in [0.5, 0.6) is 0 Å².